The molecule has 0 amide bonds. The number of fused-ring (bicyclic) bond motifs is 6. The van der Waals surface area contributed by atoms with Gasteiger partial charge in [-0.2, -0.15) is 17.5 Å². The van der Waals surface area contributed by atoms with E-state index in [1.165, 1.54) is 11.1 Å². The topological polar surface area (TPSA) is 101 Å². The van der Waals surface area contributed by atoms with Crippen LogP contribution in [-0.4, -0.2) is 17.5 Å². The number of hydrogen-bond acceptors (Lipinski definition) is 11. The fourth-order valence-electron chi connectivity index (χ4n) is 6.20. The molecule has 9 rings (SSSR count). The standard InChI is InChI=1S/C37H20F2N6O2S3/c1-17-3-7-19(8-4-17)45(20-9-5-18(2)6-10-20)30-12-11-29(48-30)25-13-21-22(31-33(25)43-49-41-31)16-28(34-32(21)42-50-44-34)40-35-36(46)23-14-26(38)27(39)15-24(23)37(35)47/h3-16H,1-2H3. The molecular weight excluding hydrogens is 695 g/mol. The van der Waals surface area contributed by atoms with Gasteiger partial charge < -0.3 is 4.90 Å². The fourth-order valence-corrected chi connectivity index (χ4v) is 8.41. The predicted molar refractivity (Wildman–Crippen MR) is 197 cm³/mol. The molecule has 0 N–H and O–H groups in total. The first-order valence-electron chi connectivity index (χ1n) is 15.3. The molecule has 0 saturated heterocycles. The van der Waals surface area contributed by atoms with E-state index in [0.29, 0.717) is 27.5 Å². The lowest BCUT2D eigenvalue weighted by Crippen LogP contribution is -2.31. The maximum Gasteiger partial charge on any atom is 0.216 e. The van der Waals surface area contributed by atoms with Gasteiger partial charge in [-0.25, -0.2) is 13.8 Å². The predicted octanol–water partition coefficient (Wildman–Crippen LogP) is 8.92. The summed E-state index contributed by atoms with van der Waals surface area (Å²) in [4.78, 5) is 33.9. The Morgan fingerprint density at radius 2 is 1.12 bits per heavy atom. The minimum Gasteiger partial charge on any atom is -0.302 e. The molecule has 8 nitrogen and oxygen atoms in total. The maximum absolute atomic E-state index is 14.0. The number of hydrogen-bond donors (Lipinski definition) is 0. The third kappa shape index (κ3) is 4.76. The Balaban J connectivity index is 1.23. The van der Waals surface area contributed by atoms with Crippen molar-refractivity contribution in [3.8, 4) is 10.4 Å². The Hall–Kier alpha value is -5.63. The summed E-state index contributed by atoms with van der Waals surface area (Å²) in [6.07, 6.45) is 0. The summed E-state index contributed by atoms with van der Waals surface area (Å²) in [5.74, 6) is -2.43. The molecule has 0 bridgehead atoms. The van der Waals surface area contributed by atoms with Gasteiger partial charge in [0.05, 0.1) is 29.1 Å². The minimum atomic E-state index is -1.21. The second kappa shape index (κ2) is 11.5. The van der Waals surface area contributed by atoms with E-state index >= 15 is 0 Å². The molecule has 0 radical (unpaired) electrons. The van der Waals surface area contributed by atoms with Gasteiger partial charge >= 0.3 is 0 Å². The first kappa shape index (κ1) is 30.4. The van der Waals surface area contributed by atoms with E-state index in [-0.39, 0.29) is 16.5 Å². The van der Waals surface area contributed by atoms with Crippen molar-refractivity contribution in [3.63, 3.8) is 0 Å². The molecule has 0 aliphatic rings. The van der Waals surface area contributed by atoms with Gasteiger partial charge in [-0.1, -0.05) is 35.4 Å². The molecule has 3 aromatic heterocycles. The van der Waals surface area contributed by atoms with Crippen LogP contribution in [0.15, 0.2) is 99.5 Å². The normalized spacial score (nSPS) is 11.8. The van der Waals surface area contributed by atoms with E-state index in [9.17, 15) is 18.4 Å². The van der Waals surface area contributed by atoms with Crippen LogP contribution >= 0.6 is 34.8 Å². The lowest BCUT2D eigenvalue weighted by Gasteiger charge is -2.24. The third-order valence-corrected chi connectivity index (χ3v) is 10.9. The Kier molecular flexibility index (Phi) is 6.98. The zero-order valence-electron chi connectivity index (χ0n) is 26.1. The van der Waals surface area contributed by atoms with Gasteiger partial charge in [0.1, 0.15) is 27.1 Å². The molecule has 0 aliphatic heterocycles. The van der Waals surface area contributed by atoms with Crippen molar-refractivity contribution < 1.29 is 8.78 Å². The van der Waals surface area contributed by atoms with Crippen LogP contribution in [0.3, 0.4) is 0 Å². The average molecular weight is 715 g/mol. The fraction of sp³-hybridized carbons (Fsp3) is 0.0541. The SMILES string of the molecule is Cc1ccc(N(c2ccc(C)cc2)c2ccc(-c3cc4c(cc(N=c5c(=O)c6cc(F)c(F)cc6c5=O)c5nsnc54)c4nsnc34)s2)cc1. The Bertz CT molecular complexity index is 2880. The Labute approximate surface area is 293 Å². The molecule has 0 fully saturated rings. The van der Waals surface area contributed by atoms with Crippen LogP contribution in [0, 0.1) is 25.5 Å². The van der Waals surface area contributed by atoms with Crippen molar-refractivity contribution in [3.05, 3.63) is 133 Å². The van der Waals surface area contributed by atoms with Crippen LogP contribution in [0.4, 0.5) is 30.8 Å². The number of thiophene rings is 1. The molecule has 3 heterocycles. The largest absolute Gasteiger partial charge is 0.302 e. The zero-order valence-corrected chi connectivity index (χ0v) is 28.5. The lowest BCUT2D eigenvalue weighted by atomic mass is 10.0. The lowest BCUT2D eigenvalue weighted by molar-refractivity contribution is 0.511. The highest BCUT2D eigenvalue weighted by molar-refractivity contribution is 7.19. The summed E-state index contributed by atoms with van der Waals surface area (Å²) >= 11 is 3.67. The van der Waals surface area contributed by atoms with E-state index in [4.69, 9.17) is 0 Å². The van der Waals surface area contributed by atoms with Crippen molar-refractivity contribution >= 4 is 100 Å². The van der Waals surface area contributed by atoms with Crippen molar-refractivity contribution in [2.45, 2.75) is 13.8 Å². The van der Waals surface area contributed by atoms with E-state index in [2.05, 4.69) is 102 Å². The van der Waals surface area contributed by atoms with Crippen molar-refractivity contribution in [2.24, 2.45) is 4.99 Å². The highest BCUT2D eigenvalue weighted by Gasteiger charge is 2.22. The van der Waals surface area contributed by atoms with Crippen LogP contribution in [-0.2, 0) is 0 Å². The van der Waals surface area contributed by atoms with E-state index < -0.39 is 27.8 Å². The minimum absolute atomic E-state index is 0.221. The smallest absolute Gasteiger partial charge is 0.216 e. The quantitative estimate of drug-likeness (QED) is 0.176. The van der Waals surface area contributed by atoms with Crippen LogP contribution in [0.2, 0.25) is 0 Å². The van der Waals surface area contributed by atoms with Gasteiger partial charge in [0, 0.05) is 43.4 Å². The number of nitrogens with zero attached hydrogens (tertiary/aromatic N) is 6. The number of halogens is 2. The molecule has 9 aromatic rings. The average Bonchev–Trinajstić information content (AvgIpc) is 3.93. The first-order valence-corrected chi connectivity index (χ1v) is 17.6. The third-order valence-electron chi connectivity index (χ3n) is 8.72. The van der Waals surface area contributed by atoms with Crippen molar-refractivity contribution in [1.29, 1.82) is 0 Å². The summed E-state index contributed by atoms with van der Waals surface area (Å²) in [7, 11) is 0. The van der Waals surface area contributed by atoms with E-state index in [1.807, 2.05) is 6.07 Å². The molecular formula is C37H20F2N6O2S3. The molecule has 0 atom stereocenters. The van der Waals surface area contributed by atoms with Crippen LogP contribution in [0.1, 0.15) is 11.1 Å². The van der Waals surface area contributed by atoms with Gasteiger partial charge in [-0.05, 0) is 74.5 Å². The molecule has 0 spiro atoms. The second-order valence-electron chi connectivity index (χ2n) is 11.9. The van der Waals surface area contributed by atoms with Crippen molar-refractivity contribution in [2.75, 3.05) is 4.90 Å². The molecule has 50 heavy (non-hydrogen) atoms. The van der Waals surface area contributed by atoms with Crippen LogP contribution < -0.4 is 21.1 Å². The zero-order chi connectivity index (χ0) is 34.3. The first-order chi connectivity index (χ1) is 24.2. The highest BCUT2D eigenvalue weighted by atomic mass is 32.1. The van der Waals surface area contributed by atoms with Gasteiger partial charge in [0.2, 0.25) is 10.9 Å². The Morgan fingerprint density at radius 1 is 0.600 bits per heavy atom. The van der Waals surface area contributed by atoms with Crippen molar-refractivity contribution in [1.82, 2.24) is 17.5 Å². The number of aromatic nitrogens is 4. The molecule has 0 unspecified atom stereocenters. The van der Waals surface area contributed by atoms with E-state index in [1.54, 1.807) is 17.4 Å². The molecule has 6 aromatic carbocycles. The summed E-state index contributed by atoms with van der Waals surface area (Å²) in [6.45, 7) is 4.14. The maximum atomic E-state index is 14.0. The second-order valence-corrected chi connectivity index (χ2v) is 14.0. The van der Waals surface area contributed by atoms with Gasteiger partial charge in [0.25, 0.3) is 0 Å². The van der Waals surface area contributed by atoms with Gasteiger partial charge in [-0.3, -0.25) is 9.59 Å². The molecule has 242 valence electrons. The summed E-state index contributed by atoms with van der Waals surface area (Å²) in [5.41, 5.74) is 6.15. The summed E-state index contributed by atoms with van der Waals surface area (Å²) < 4.78 is 46.3. The molecule has 13 heteroatoms. The van der Waals surface area contributed by atoms with Crippen LogP contribution in [0.25, 0.3) is 54.1 Å². The molecule has 0 aliphatic carbocycles. The number of rotatable bonds is 5. The number of benzene rings is 5. The van der Waals surface area contributed by atoms with Crippen LogP contribution in [0.5, 0.6) is 0 Å². The summed E-state index contributed by atoms with van der Waals surface area (Å²) in [5, 5.41) is 1.55. The Morgan fingerprint density at radius 3 is 1.72 bits per heavy atom. The van der Waals surface area contributed by atoms with Gasteiger partial charge in [0.15, 0.2) is 17.0 Å². The summed E-state index contributed by atoms with van der Waals surface area (Å²) in [6, 6.07) is 26.2. The molecule has 0 saturated carbocycles. The van der Waals surface area contributed by atoms with E-state index in [0.717, 1.165) is 67.8 Å². The number of aryl methyl sites for hydroxylation is 2. The van der Waals surface area contributed by atoms with Gasteiger partial charge in [-0.15, -0.1) is 11.3 Å². The monoisotopic (exact) mass is 714 g/mol. The highest BCUT2D eigenvalue weighted by Crippen LogP contribution is 2.45. The number of anilines is 3.